The molecule has 2 N–H and O–H groups in total. The second kappa shape index (κ2) is 11.5. The molecule has 0 aliphatic carbocycles. The van der Waals surface area contributed by atoms with Crippen LogP contribution in [0.5, 0.6) is 11.5 Å². The van der Waals surface area contributed by atoms with Crippen LogP contribution >= 0.6 is 0 Å². The predicted molar refractivity (Wildman–Crippen MR) is 127 cm³/mol. The zero-order chi connectivity index (χ0) is 22.9. The third-order valence-corrected chi connectivity index (χ3v) is 5.37. The third kappa shape index (κ3) is 5.76. The number of carbonyl (C=O) groups is 1. The van der Waals surface area contributed by atoms with Gasteiger partial charge >= 0.3 is 0 Å². The Balaban J connectivity index is 0.000000913. The number of fused-ring (bicyclic) bond motifs is 2. The standard InChI is InChI=1S/C23H30N4O2.CH2O2/c1-16(2)25-23-17-13-21(28-3)22(29-12-6-11-27-9-4-5-10-27)14-20(17)26-19-7-8-24-15-18(19)23;2-1-3/h7-8,13-16H,4-6,9-12H2,1-3H3,(H,25,26);1H,(H,2,3). The maximum Gasteiger partial charge on any atom is 0.290 e. The molecule has 4 rings (SSSR count). The molecule has 2 aromatic heterocycles. The SMILES string of the molecule is COc1cc2c(NC(C)C)c3cnccc3nc2cc1OCCCN1CCCC1.O=CO. The molecule has 0 bridgehead atoms. The van der Waals surface area contributed by atoms with E-state index in [4.69, 9.17) is 24.4 Å². The van der Waals surface area contributed by atoms with Gasteiger partial charge < -0.3 is 24.8 Å². The van der Waals surface area contributed by atoms with E-state index in [-0.39, 0.29) is 12.5 Å². The Labute approximate surface area is 188 Å². The molecule has 8 heteroatoms. The Hall–Kier alpha value is -3.13. The number of rotatable bonds is 8. The van der Waals surface area contributed by atoms with Crippen molar-refractivity contribution >= 4 is 34.0 Å². The Bertz CT molecular complexity index is 1040. The fraction of sp³-hybridized carbons (Fsp3) is 0.458. The van der Waals surface area contributed by atoms with E-state index in [2.05, 4.69) is 29.0 Å². The van der Waals surface area contributed by atoms with Gasteiger partial charge in [-0.2, -0.15) is 0 Å². The lowest BCUT2D eigenvalue weighted by Gasteiger charge is -2.18. The van der Waals surface area contributed by atoms with Crippen LogP contribution in [0.25, 0.3) is 21.8 Å². The normalized spacial score (nSPS) is 13.8. The highest BCUT2D eigenvalue weighted by molar-refractivity contribution is 6.08. The average molecular weight is 441 g/mol. The number of anilines is 1. The molecule has 0 radical (unpaired) electrons. The van der Waals surface area contributed by atoms with Crippen molar-refractivity contribution in [2.24, 2.45) is 0 Å². The minimum Gasteiger partial charge on any atom is -0.493 e. The van der Waals surface area contributed by atoms with Crippen molar-refractivity contribution in [2.75, 3.05) is 38.7 Å². The van der Waals surface area contributed by atoms with Crippen LogP contribution in [0.3, 0.4) is 0 Å². The zero-order valence-electron chi connectivity index (χ0n) is 19.0. The summed E-state index contributed by atoms with van der Waals surface area (Å²) in [5.74, 6) is 1.48. The summed E-state index contributed by atoms with van der Waals surface area (Å²) in [5.41, 5.74) is 2.84. The van der Waals surface area contributed by atoms with Crippen LogP contribution in [0.2, 0.25) is 0 Å². The van der Waals surface area contributed by atoms with Gasteiger partial charge in [-0.25, -0.2) is 4.98 Å². The lowest BCUT2D eigenvalue weighted by atomic mass is 10.1. The van der Waals surface area contributed by atoms with Crippen molar-refractivity contribution in [2.45, 2.75) is 39.2 Å². The zero-order valence-corrected chi connectivity index (χ0v) is 19.0. The molecule has 1 fully saturated rings. The Morgan fingerprint density at radius 3 is 2.62 bits per heavy atom. The van der Waals surface area contributed by atoms with E-state index in [1.165, 1.54) is 25.9 Å². The van der Waals surface area contributed by atoms with Crippen molar-refractivity contribution in [1.29, 1.82) is 0 Å². The summed E-state index contributed by atoms with van der Waals surface area (Å²) in [5, 5.41) is 12.5. The summed E-state index contributed by atoms with van der Waals surface area (Å²) >= 11 is 0. The van der Waals surface area contributed by atoms with Crippen LogP contribution in [-0.4, -0.2) is 65.8 Å². The van der Waals surface area contributed by atoms with Gasteiger partial charge in [0.2, 0.25) is 0 Å². The lowest BCUT2D eigenvalue weighted by Crippen LogP contribution is -2.21. The molecule has 3 heterocycles. The second-order valence-electron chi connectivity index (χ2n) is 8.06. The van der Waals surface area contributed by atoms with Gasteiger partial charge in [-0.15, -0.1) is 0 Å². The van der Waals surface area contributed by atoms with Gasteiger partial charge in [-0.1, -0.05) is 0 Å². The maximum absolute atomic E-state index is 8.36. The summed E-state index contributed by atoms with van der Waals surface area (Å²) in [6.45, 7) is 8.21. The molecular formula is C24H32N4O4. The molecule has 0 unspecified atom stereocenters. The van der Waals surface area contributed by atoms with Crippen molar-refractivity contribution < 1.29 is 19.4 Å². The molecule has 0 atom stereocenters. The summed E-state index contributed by atoms with van der Waals surface area (Å²) in [6.07, 6.45) is 7.29. The predicted octanol–water partition coefficient (Wildman–Crippen LogP) is 4.18. The molecule has 172 valence electrons. The number of methoxy groups -OCH3 is 1. The first-order valence-electron chi connectivity index (χ1n) is 11.0. The smallest absolute Gasteiger partial charge is 0.290 e. The lowest BCUT2D eigenvalue weighted by molar-refractivity contribution is -0.122. The number of benzene rings is 1. The Kier molecular flexibility index (Phi) is 8.44. The molecule has 8 nitrogen and oxygen atoms in total. The first kappa shape index (κ1) is 23.5. The summed E-state index contributed by atoms with van der Waals surface area (Å²) in [6, 6.07) is 6.25. The van der Waals surface area contributed by atoms with E-state index in [0.717, 1.165) is 52.0 Å². The maximum atomic E-state index is 8.36. The van der Waals surface area contributed by atoms with Crippen LogP contribution in [0, 0.1) is 0 Å². The van der Waals surface area contributed by atoms with Gasteiger partial charge in [0.25, 0.3) is 6.47 Å². The van der Waals surface area contributed by atoms with E-state index >= 15 is 0 Å². The number of nitrogens with one attached hydrogen (secondary N) is 1. The highest BCUT2D eigenvalue weighted by Gasteiger charge is 2.16. The molecule has 32 heavy (non-hydrogen) atoms. The summed E-state index contributed by atoms with van der Waals surface area (Å²) < 4.78 is 11.8. The van der Waals surface area contributed by atoms with Crippen LogP contribution in [0.4, 0.5) is 5.69 Å². The van der Waals surface area contributed by atoms with E-state index < -0.39 is 0 Å². The number of nitrogens with zero attached hydrogens (tertiary/aromatic N) is 3. The number of ether oxygens (including phenoxy) is 2. The van der Waals surface area contributed by atoms with Gasteiger partial charge in [0.15, 0.2) is 11.5 Å². The molecule has 3 aromatic rings. The van der Waals surface area contributed by atoms with Gasteiger partial charge in [0.05, 0.1) is 30.4 Å². The minimum atomic E-state index is -0.250. The number of aromatic nitrogens is 2. The van der Waals surface area contributed by atoms with Crippen molar-refractivity contribution in [3.63, 3.8) is 0 Å². The first-order valence-corrected chi connectivity index (χ1v) is 11.0. The highest BCUT2D eigenvalue weighted by atomic mass is 16.5. The largest absolute Gasteiger partial charge is 0.493 e. The molecule has 1 aromatic carbocycles. The molecule has 1 aliphatic rings. The van der Waals surface area contributed by atoms with Crippen LogP contribution in [0.15, 0.2) is 30.6 Å². The number of hydrogen-bond acceptors (Lipinski definition) is 7. The van der Waals surface area contributed by atoms with E-state index in [9.17, 15) is 0 Å². The third-order valence-electron chi connectivity index (χ3n) is 5.37. The van der Waals surface area contributed by atoms with Crippen molar-refractivity contribution in [3.8, 4) is 11.5 Å². The monoisotopic (exact) mass is 440 g/mol. The Morgan fingerprint density at radius 2 is 1.94 bits per heavy atom. The highest BCUT2D eigenvalue weighted by Crippen LogP contribution is 2.38. The first-order chi connectivity index (χ1) is 15.6. The van der Waals surface area contributed by atoms with Gasteiger partial charge in [-0.05, 0) is 58.3 Å². The molecule has 1 aliphatic heterocycles. The molecular weight excluding hydrogens is 408 g/mol. The Morgan fingerprint density at radius 1 is 1.19 bits per heavy atom. The number of carboxylic acid groups (broad SMARTS) is 1. The van der Waals surface area contributed by atoms with E-state index in [1.54, 1.807) is 13.3 Å². The second-order valence-corrected chi connectivity index (χ2v) is 8.06. The fourth-order valence-corrected chi connectivity index (χ4v) is 3.99. The van der Waals surface area contributed by atoms with E-state index in [1.807, 2.05) is 24.4 Å². The number of likely N-dealkylation sites (tertiary alicyclic amines) is 1. The quantitative estimate of drug-likeness (QED) is 0.306. The van der Waals surface area contributed by atoms with Crippen LogP contribution in [-0.2, 0) is 4.79 Å². The van der Waals surface area contributed by atoms with Gasteiger partial charge in [0.1, 0.15) is 0 Å². The van der Waals surface area contributed by atoms with Gasteiger partial charge in [-0.3, -0.25) is 9.78 Å². The summed E-state index contributed by atoms with van der Waals surface area (Å²) in [7, 11) is 1.68. The molecule has 0 spiro atoms. The summed E-state index contributed by atoms with van der Waals surface area (Å²) in [4.78, 5) is 20.0. The number of hydrogen-bond donors (Lipinski definition) is 2. The molecule has 0 amide bonds. The van der Waals surface area contributed by atoms with Crippen molar-refractivity contribution in [1.82, 2.24) is 14.9 Å². The average Bonchev–Trinajstić information content (AvgIpc) is 3.30. The van der Waals surface area contributed by atoms with E-state index in [0.29, 0.717) is 6.61 Å². The van der Waals surface area contributed by atoms with Gasteiger partial charge in [0, 0.05) is 41.8 Å². The number of pyridine rings is 2. The minimum absolute atomic E-state index is 0.250. The molecule has 0 saturated carbocycles. The molecule has 1 saturated heterocycles. The topological polar surface area (TPSA) is 96.8 Å². The van der Waals surface area contributed by atoms with Crippen LogP contribution in [0.1, 0.15) is 33.1 Å². The van der Waals surface area contributed by atoms with Crippen LogP contribution < -0.4 is 14.8 Å². The fourth-order valence-electron chi connectivity index (χ4n) is 3.99. The van der Waals surface area contributed by atoms with Crippen molar-refractivity contribution in [3.05, 3.63) is 30.6 Å².